The standard InChI is InChI=1S/C31H34O7/c1-21-4-10-25(11-5-21)30(32)36-19-29-28(38-31(33)26-12-6-22(2)7-13-26)18-27(37-29)24-14-8-23(9-15-24)16-17-35-20-34-3/h4-15,27-29H,16-20H2,1-3H3/t27-,28+,29-/m1/s1. The second-order valence-electron chi connectivity index (χ2n) is 9.48. The maximum absolute atomic E-state index is 12.9. The molecule has 4 rings (SSSR count). The van der Waals surface area contributed by atoms with Crippen LogP contribution in [0.25, 0.3) is 0 Å². The van der Waals surface area contributed by atoms with Gasteiger partial charge in [0.1, 0.15) is 25.6 Å². The monoisotopic (exact) mass is 518 g/mol. The van der Waals surface area contributed by atoms with Gasteiger partial charge in [-0.1, -0.05) is 59.7 Å². The van der Waals surface area contributed by atoms with E-state index in [2.05, 4.69) is 0 Å². The van der Waals surface area contributed by atoms with E-state index in [0.29, 0.717) is 24.2 Å². The maximum atomic E-state index is 12.9. The normalized spacial score (nSPS) is 18.8. The van der Waals surface area contributed by atoms with Gasteiger partial charge in [0.25, 0.3) is 0 Å². The summed E-state index contributed by atoms with van der Waals surface area (Å²) in [4.78, 5) is 25.5. The number of hydrogen-bond acceptors (Lipinski definition) is 7. The Morgan fingerprint density at radius 1 is 0.842 bits per heavy atom. The van der Waals surface area contributed by atoms with Crippen LogP contribution in [0, 0.1) is 13.8 Å². The Kier molecular flexibility index (Phi) is 9.65. The summed E-state index contributed by atoms with van der Waals surface area (Å²) in [7, 11) is 1.60. The van der Waals surface area contributed by atoms with E-state index in [1.54, 1.807) is 31.4 Å². The van der Waals surface area contributed by atoms with Crippen molar-refractivity contribution in [2.45, 2.75) is 45.0 Å². The van der Waals surface area contributed by atoms with Gasteiger partial charge in [-0.3, -0.25) is 0 Å². The third kappa shape index (κ3) is 7.51. The summed E-state index contributed by atoms with van der Waals surface area (Å²) in [5.74, 6) is -0.874. The first kappa shape index (κ1) is 27.5. The van der Waals surface area contributed by atoms with Crippen molar-refractivity contribution in [3.8, 4) is 0 Å². The predicted octanol–water partition coefficient (Wildman–Crippen LogP) is 5.38. The fourth-order valence-electron chi connectivity index (χ4n) is 4.26. The number of rotatable bonds is 11. The Hall–Kier alpha value is -3.52. The number of aryl methyl sites for hydroxylation is 2. The summed E-state index contributed by atoms with van der Waals surface area (Å²) >= 11 is 0. The second-order valence-corrected chi connectivity index (χ2v) is 9.48. The van der Waals surface area contributed by atoms with E-state index in [1.165, 1.54) is 0 Å². The Balaban J connectivity index is 1.43. The highest BCUT2D eigenvalue weighted by Crippen LogP contribution is 2.35. The fourth-order valence-corrected chi connectivity index (χ4v) is 4.26. The van der Waals surface area contributed by atoms with Crippen molar-refractivity contribution >= 4 is 11.9 Å². The number of methoxy groups -OCH3 is 1. The largest absolute Gasteiger partial charge is 0.459 e. The van der Waals surface area contributed by atoms with E-state index in [4.69, 9.17) is 23.7 Å². The Bertz CT molecular complexity index is 1190. The maximum Gasteiger partial charge on any atom is 0.338 e. The first-order valence-corrected chi connectivity index (χ1v) is 12.8. The van der Waals surface area contributed by atoms with Crippen molar-refractivity contribution in [3.05, 3.63) is 106 Å². The zero-order valence-corrected chi connectivity index (χ0v) is 22.1. The third-order valence-electron chi connectivity index (χ3n) is 6.50. The molecule has 0 bridgehead atoms. The Morgan fingerprint density at radius 3 is 2.05 bits per heavy atom. The zero-order valence-electron chi connectivity index (χ0n) is 22.1. The van der Waals surface area contributed by atoms with Crippen molar-refractivity contribution in [2.24, 2.45) is 0 Å². The van der Waals surface area contributed by atoms with Gasteiger partial charge in [0, 0.05) is 13.5 Å². The summed E-state index contributed by atoms with van der Waals surface area (Å²) < 4.78 is 28.0. The van der Waals surface area contributed by atoms with Crippen LogP contribution in [0.2, 0.25) is 0 Å². The Morgan fingerprint density at radius 2 is 1.45 bits per heavy atom. The number of esters is 2. The average Bonchev–Trinajstić information content (AvgIpc) is 3.33. The predicted molar refractivity (Wildman–Crippen MR) is 142 cm³/mol. The van der Waals surface area contributed by atoms with Crippen LogP contribution in [-0.2, 0) is 30.1 Å². The summed E-state index contributed by atoms with van der Waals surface area (Å²) in [6.45, 7) is 4.73. The first-order valence-electron chi connectivity index (χ1n) is 12.8. The van der Waals surface area contributed by atoms with Crippen molar-refractivity contribution < 1.29 is 33.3 Å². The molecule has 200 valence electrons. The lowest BCUT2D eigenvalue weighted by atomic mass is 10.0. The minimum absolute atomic E-state index is 0.0238. The highest BCUT2D eigenvalue weighted by Gasteiger charge is 2.39. The summed E-state index contributed by atoms with van der Waals surface area (Å²) in [6.07, 6.45) is -0.232. The topological polar surface area (TPSA) is 80.3 Å². The SMILES string of the molecule is COCOCCc1ccc([C@H]2C[C@H](OC(=O)c3ccc(C)cc3)[C@@H](COC(=O)c3ccc(C)cc3)O2)cc1. The quantitative estimate of drug-likeness (QED) is 0.192. The molecule has 7 nitrogen and oxygen atoms in total. The van der Waals surface area contributed by atoms with Crippen LogP contribution >= 0.6 is 0 Å². The number of benzene rings is 3. The number of hydrogen-bond donors (Lipinski definition) is 0. The van der Waals surface area contributed by atoms with Crippen LogP contribution in [0.3, 0.4) is 0 Å². The van der Waals surface area contributed by atoms with E-state index in [-0.39, 0.29) is 19.5 Å². The lowest BCUT2D eigenvalue weighted by Crippen LogP contribution is -2.32. The zero-order chi connectivity index (χ0) is 26.9. The molecule has 38 heavy (non-hydrogen) atoms. The van der Waals surface area contributed by atoms with E-state index in [9.17, 15) is 9.59 Å². The molecule has 0 aromatic heterocycles. The van der Waals surface area contributed by atoms with Crippen LogP contribution in [0.1, 0.15) is 55.5 Å². The molecule has 7 heteroatoms. The molecular formula is C31H34O7. The second kappa shape index (κ2) is 13.3. The van der Waals surface area contributed by atoms with E-state index >= 15 is 0 Å². The molecule has 3 atom stereocenters. The van der Waals surface area contributed by atoms with Gasteiger partial charge in [0.2, 0.25) is 0 Å². The summed E-state index contributed by atoms with van der Waals surface area (Å²) in [5.41, 5.74) is 5.14. The van der Waals surface area contributed by atoms with Gasteiger partial charge in [-0.15, -0.1) is 0 Å². The highest BCUT2D eigenvalue weighted by atomic mass is 16.7. The van der Waals surface area contributed by atoms with E-state index in [0.717, 1.165) is 28.7 Å². The van der Waals surface area contributed by atoms with Crippen molar-refractivity contribution in [2.75, 3.05) is 27.1 Å². The van der Waals surface area contributed by atoms with Crippen molar-refractivity contribution in [1.82, 2.24) is 0 Å². The van der Waals surface area contributed by atoms with Gasteiger partial charge in [0.05, 0.1) is 23.8 Å². The molecule has 1 aliphatic rings. The first-order chi connectivity index (χ1) is 18.4. The summed E-state index contributed by atoms with van der Waals surface area (Å²) in [5, 5.41) is 0. The number of ether oxygens (including phenoxy) is 5. The third-order valence-corrected chi connectivity index (χ3v) is 6.50. The fraction of sp³-hybridized carbons (Fsp3) is 0.355. The molecule has 3 aromatic carbocycles. The van der Waals surface area contributed by atoms with Crippen molar-refractivity contribution in [1.29, 1.82) is 0 Å². The number of carbonyl (C=O) groups excluding carboxylic acids is 2. The van der Waals surface area contributed by atoms with Gasteiger partial charge in [-0.25, -0.2) is 9.59 Å². The minimum Gasteiger partial charge on any atom is -0.459 e. The smallest absolute Gasteiger partial charge is 0.338 e. The molecular weight excluding hydrogens is 484 g/mol. The molecule has 0 aliphatic carbocycles. The van der Waals surface area contributed by atoms with Crippen LogP contribution in [0.4, 0.5) is 0 Å². The lowest BCUT2D eigenvalue weighted by molar-refractivity contribution is -0.0427. The Labute approximate surface area is 223 Å². The molecule has 0 spiro atoms. The highest BCUT2D eigenvalue weighted by molar-refractivity contribution is 5.90. The van der Waals surface area contributed by atoms with Crippen LogP contribution in [0.5, 0.6) is 0 Å². The van der Waals surface area contributed by atoms with Gasteiger partial charge in [0.15, 0.2) is 0 Å². The van der Waals surface area contributed by atoms with Gasteiger partial charge in [-0.2, -0.15) is 0 Å². The molecule has 1 saturated heterocycles. The minimum atomic E-state index is -0.592. The molecule has 3 aromatic rings. The van der Waals surface area contributed by atoms with Crippen LogP contribution in [0.15, 0.2) is 72.8 Å². The van der Waals surface area contributed by atoms with E-state index in [1.807, 2.05) is 62.4 Å². The summed E-state index contributed by atoms with van der Waals surface area (Å²) in [6, 6.07) is 22.5. The molecule has 0 radical (unpaired) electrons. The molecule has 1 fully saturated rings. The molecule has 0 saturated carbocycles. The van der Waals surface area contributed by atoms with Crippen LogP contribution in [-0.4, -0.2) is 51.3 Å². The van der Waals surface area contributed by atoms with Crippen LogP contribution < -0.4 is 0 Å². The molecule has 0 unspecified atom stereocenters. The molecule has 0 amide bonds. The lowest BCUT2D eigenvalue weighted by Gasteiger charge is -2.19. The van der Waals surface area contributed by atoms with Gasteiger partial charge < -0.3 is 23.7 Å². The van der Waals surface area contributed by atoms with Crippen molar-refractivity contribution in [3.63, 3.8) is 0 Å². The average molecular weight is 519 g/mol. The van der Waals surface area contributed by atoms with E-state index < -0.39 is 24.1 Å². The number of carbonyl (C=O) groups is 2. The molecule has 1 heterocycles. The molecule has 1 aliphatic heterocycles. The molecule has 0 N–H and O–H groups in total. The van der Waals surface area contributed by atoms with Gasteiger partial charge >= 0.3 is 11.9 Å². The van der Waals surface area contributed by atoms with Gasteiger partial charge in [-0.05, 0) is 55.7 Å².